The van der Waals surface area contributed by atoms with E-state index in [-0.39, 0.29) is 29.2 Å². The van der Waals surface area contributed by atoms with Gasteiger partial charge in [-0.2, -0.15) is 0 Å². The van der Waals surface area contributed by atoms with Crippen molar-refractivity contribution in [2.24, 2.45) is 5.92 Å². The molecule has 1 aliphatic carbocycles. The van der Waals surface area contributed by atoms with Gasteiger partial charge in [0.25, 0.3) is 5.91 Å². The smallest absolute Gasteiger partial charge is 0.255 e. The van der Waals surface area contributed by atoms with Crippen LogP contribution in [0.5, 0.6) is 5.75 Å². The minimum absolute atomic E-state index is 0.00925. The van der Waals surface area contributed by atoms with Crippen LogP contribution in [0.3, 0.4) is 0 Å². The summed E-state index contributed by atoms with van der Waals surface area (Å²) in [6.45, 7) is 0.0138. The Balaban J connectivity index is 2.11. The van der Waals surface area contributed by atoms with Gasteiger partial charge >= 0.3 is 0 Å². The zero-order valence-electron chi connectivity index (χ0n) is 9.94. The van der Waals surface area contributed by atoms with Crippen LogP contribution < -0.4 is 5.32 Å². The van der Waals surface area contributed by atoms with E-state index in [1.807, 2.05) is 6.08 Å². The van der Waals surface area contributed by atoms with Gasteiger partial charge in [-0.15, -0.1) is 0 Å². The molecule has 4 nitrogen and oxygen atoms in total. The molecule has 1 aliphatic rings. The van der Waals surface area contributed by atoms with Gasteiger partial charge in [0.2, 0.25) is 0 Å². The van der Waals surface area contributed by atoms with Crippen LogP contribution in [0.4, 0.5) is 4.39 Å². The highest BCUT2D eigenvalue weighted by Crippen LogP contribution is 2.29. The van der Waals surface area contributed by atoms with E-state index in [0.29, 0.717) is 6.42 Å². The molecule has 0 bridgehead atoms. The van der Waals surface area contributed by atoms with Crippen molar-refractivity contribution in [3.63, 3.8) is 0 Å². The summed E-state index contributed by atoms with van der Waals surface area (Å²) in [4.78, 5) is 11.9. The maximum atomic E-state index is 13.2. The summed E-state index contributed by atoms with van der Waals surface area (Å²) in [6, 6.07) is 1.62. The van der Waals surface area contributed by atoms with Gasteiger partial charge in [-0.3, -0.25) is 4.79 Å². The molecule has 2 atom stereocenters. The Hall–Kier alpha value is -1.59. The van der Waals surface area contributed by atoms with Gasteiger partial charge in [0.05, 0.1) is 10.6 Å². The molecule has 2 rings (SSSR count). The quantitative estimate of drug-likeness (QED) is 0.743. The Morgan fingerprint density at radius 3 is 2.84 bits per heavy atom. The number of phenolic OH excluding ortho intramolecular Hbond substituents is 1. The Kier molecular flexibility index (Phi) is 4.07. The van der Waals surface area contributed by atoms with Gasteiger partial charge in [0, 0.05) is 18.6 Å². The third kappa shape index (κ3) is 3.05. The lowest BCUT2D eigenvalue weighted by atomic mass is 10.1. The van der Waals surface area contributed by atoms with Gasteiger partial charge in [-0.05, 0) is 18.6 Å². The molecule has 19 heavy (non-hydrogen) atoms. The van der Waals surface area contributed by atoms with Crippen molar-refractivity contribution >= 4 is 17.5 Å². The average molecular weight is 286 g/mol. The third-order valence-corrected chi connectivity index (χ3v) is 3.28. The Morgan fingerprint density at radius 2 is 2.21 bits per heavy atom. The molecule has 0 radical (unpaired) electrons. The average Bonchev–Trinajstić information content (AvgIpc) is 2.81. The second kappa shape index (κ2) is 5.59. The summed E-state index contributed by atoms with van der Waals surface area (Å²) in [6.07, 6.45) is 4.14. The van der Waals surface area contributed by atoms with Crippen LogP contribution in [0.25, 0.3) is 0 Å². The zero-order valence-corrected chi connectivity index (χ0v) is 10.7. The van der Waals surface area contributed by atoms with Crippen LogP contribution in [0.2, 0.25) is 5.02 Å². The van der Waals surface area contributed by atoms with E-state index in [4.69, 9.17) is 16.7 Å². The molecular formula is C13H13ClFNO3. The summed E-state index contributed by atoms with van der Waals surface area (Å²) < 4.78 is 13.2. The van der Waals surface area contributed by atoms with Crippen LogP contribution in [-0.2, 0) is 0 Å². The summed E-state index contributed by atoms with van der Waals surface area (Å²) in [7, 11) is 0. The lowest BCUT2D eigenvalue weighted by molar-refractivity contribution is 0.0938. The molecule has 0 spiro atoms. The molecule has 0 fully saturated rings. The second-order valence-corrected chi connectivity index (χ2v) is 4.83. The van der Waals surface area contributed by atoms with E-state index in [2.05, 4.69) is 5.32 Å². The first-order chi connectivity index (χ1) is 9.01. The van der Waals surface area contributed by atoms with Crippen molar-refractivity contribution in [3.8, 4) is 5.75 Å². The van der Waals surface area contributed by atoms with E-state index < -0.39 is 17.5 Å². The standard InChI is InChI=1S/C13H13ClFNO3/c14-11-5-8(15)4-10(12(11)18)13(19)16-9-2-1-7(3-9)6-17/h1-2,4-5,7,9,17-18H,3,6H2,(H,16,19)/t7-,9+/m0/s1. The highest BCUT2D eigenvalue weighted by molar-refractivity contribution is 6.32. The summed E-state index contributed by atoms with van der Waals surface area (Å²) in [5, 5.41) is 21.1. The number of carbonyl (C=O) groups excluding carboxylic acids is 1. The first-order valence-electron chi connectivity index (χ1n) is 5.79. The van der Waals surface area contributed by atoms with Crippen molar-refractivity contribution in [1.82, 2.24) is 5.32 Å². The number of aliphatic hydroxyl groups is 1. The lowest BCUT2D eigenvalue weighted by Gasteiger charge is -2.13. The topological polar surface area (TPSA) is 69.6 Å². The normalized spacial score (nSPS) is 21.6. The van der Waals surface area contributed by atoms with Crippen LogP contribution >= 0.6 is 11.6 Å². The van der Waals surface area contributed by atoms with E-state index in [0.717, 1.165) is 12.1 Å². The second-order valence-electron chi connectivity index (χ2n) is 4.43. The fourth-order valence-corrected chi connectivity index (χ4v) is 2.21. The molecular weight excluding hydrogens is 273 g/mol. The number of amides is 1. The zero-order chi connectivity index (χ0) is 14.0. The van der Waals surface area contributed by atoms with Crippen LogP contribution in [0, 0.1) is 11.7 Å². The lowest BCUT2D eigenvalue weighted by Crippen LogP contribution is -2.33. The van der Waals surface area contributed by atoms with Crippen LogP contribution in [-0.4, -0.2) is 28.8 Å². The maximum absolute atomic E-state index is 13.2. The minimum atomic E-state index is -0.692. The predicted octanol–water partition coefficient (Wildman–Crippen LogP) is 1.85. The molecule has 0 aliphatic heterocycles. The number of hydrogen-bond donors (Lipinski definition) is 3. The number of benzene rings is 1. The molecule has 0 saturated heterocycles. The molecule has 0 unspecified atom stereocenters. The van der Waals surface area contributed by atoms with E-state index in [1.165, 1.54) is 0 Å². The van der Waals surface area contributed by atoms with Crippen molar-refractivity contribution in [3.05, 3.63) is 40.7 Å². The Labute approximate surface area is 114 Å². The highest BCUT2D eigenvalue weighted by atomic mass is 35.5. The van der Waals surface area contributed by atoms with Gasteiger partial charge in [-0.25, -0.2) is 4.39 Å². The van der Waals surface area contributed by atoms with E-state index >= 15 is 0 Å². The Morgan fingerprint density at radius 1 is 1.47 bits per heavy atom. The molecule has 102 valence electrons. The van der Waals surface area contributed by atoms with Crippen molar-refractivity contribution in [2.45, 2.75) is 12.5 Å². The molecule has 0 saturated carbocycles. The maximum Gasteiger partial charge on any atom is 0.255 e. The van der Waals surface area contributed by atoms with E-state index in [1.54, 1.807) is 6.08 Å². The van der Waals surface area contributed by atoms with Gasteiger partial charge in [-0.1, -0.05) is 23.8 Å². The van der Waals surface area contributed by atoms with E-state index in [9.17, 15) is 14.3 Å². The number of nitrogens with one attached hydrogen (secondary N) is 1. The molecule has 0 heterocycles. The summed E-state index contributed by atoms with van der Waals surface area (Å²) in [5.41, 5.74) is -0.203. The Bertz CT molecular complexity index is 533. The molecule has 3 N–H and O–H groups in total. The van der Waals surface area contributed by atoms with Crippen molar-refractivity contribution in [1.29, 1.82) is 0 Å². The fourth-order valence-electron chi connectivity index (χ4n) is 2.00. The first-order valence-corrected chi connectivity index (χ1v) is 6.17. The first kappa shape index (κ1) is 13.8. The van der Waals surface area contributed by atoms with Gasteiger partial charge < -0.3 is 15.5 Å². The predicted molar refractivity (Wildman–Crippen MR) is 68.7 cm³/mol. The van der Waals surface area contributed by atoms with Gasteiger partial charge in [0.15, 0.2) is 0 Å². The molecule has 0 aromatic heterocycles. The van der Waals surface area contributed by atoms with Gasteiger partial charge in [0.1, 0.15) is 11.6 Å². The number of halogens is 2. The molecule has 1 aromatic rings. The largest absolute Gasteiger partial charge is 0.506 e. The summed E-state index contributed by atoms with van der Waals surface area (Å²) >= 11 is 5.61. The number of rotatable bonds is 3. The monoisotopic (exact) mass is 285 g/mol. The number of aromatic hydroxyl groups is 1. The minimum Gasteiger partial charge on any atom is -0.506 e. The molecule has 1 aromatic carbocycles. The van der Waals surface area contributed by atoms with Crippen LogP contribution in [0.1, 0.15) is 16.8 Å². The number of carbonyl (C=O) groups is 1. The number of aliphatic hydroxyl groups excluding tert-OH is 1. The number of hydrogen-bond acceptors (Lipinski definition) is 3. The van der Waals surface area contributed by atoms with Crippen molar-refractivity contribution in [2.75, 3.05) is 6.61 Å². The summed E-state index contributed by atoms with van der Waals surface area (Å²) in [5.74, 6) is -1.73. The van der Waals surface area contributed by atoms with Crippen LogP contribution in [0.15, 0.2) is 24.3 Å². The third-order valence-electron chi connectivity index (χ3n) is 3.00. The van der Waals surface area contributed by atoms with Crippen molar-refractivity contribution < 1.29 is 19.4 Å². The molecule has 6 heteroatoms. The molecule has 1 amide bonds. The fraction of sp³-hybridized carbons (Fsp3) is 0.308. The highest BCUT2D eigenvalue weighted by Gasteiger charge is 2.22. The SMILES string of the molecule is O=C(N[C@@H]1C=C[C@H](CO)C1)c1cc(F)cc(Cl)c1O. The number of phenols is 1.